The topological polar surface area (TPSA) is 121 Å². The molecule has 168 valence electrons. The van der Waals surface area contributed by atoms with Gasteiger partial charge in [-0.05, 0) is 48.9 Å². The van der Waals surface area contributed by atoms with Crippen LogP contribution in [0, 0.1) is 6.92 Å². The number of methoxy groups -OCH3 is 2. The summed E-state index contributed by atoms with van der Waals surface area (Å²) in [5, 5.41) is 7.97. The molecule has 9 nitrogen and oxygen atoms in total. The molecule has 4 aromatic rings. The fourth-order valence-corrected chi connectivity index (χ4v) is 3.58. The minimum Gasteiger partial charge on any atom is -0.497 e. The van der Waals surface area contributed by atoms with Gasteiger partial charge < -0.3 is 20.5 Å². The van der Waals surface area contributed by atoms with Gasteiger partial charge in [0.25, 0.3) is 5.91 Å². The second-order valence-corrected chi connectivity index (χ2v) is 7.46. The van der Waals surface area contributed by atoms with E-state index in [1.165, 1.54) is 6.20 Å². The lowest BCUT2D eigenvalue weighted by molar-refractivity contribution is 0.0997. The van der Waals surface area contributed by atoms with E-state index < -0.39 is 5.91 Å². The van der Waals surface area contributed by atoms with Crippen molar-refractivity contribution in [1.29, 1.82) is 0 Å². The van der Waals surface area contributed by atoms with E-state index in [4.69, 9.17) is 15.2 Å². The summed E-state index contributed by atoms with van der Waals surface area (Å²) in [7, 11) is 3.20. The highest BCUT2D eigenvalue weighted by molar-refractivity contribution is 6.06. The molecule has 3 N–H and O–H groups in total. The van der Waals surface area contributed by atoms with Gasteiger partial charge in [0.15, 0.2) is 5.65 Å². The third kappa shape index (κ3) is 4.47. The Kier molecular flexibility index (Phi) is 5.95. The monoisotopic (exact) mass is 445 g/mol. The number of carbonyl (C=O) groups excluding carboxylic acids is 2. The number of benzene rings is 2. The fourth-order valence-electron chi connectivity index (χ4n) is 3.58. The molecule has 0 radical (unpaired) electrons. The Balaban J connectivity index is 1.55. The minimum absolute atomic E-state index is 0.319. The lowest BCUT2D eigenvalue weighted by atomic mass is 10.1. The van der Waals surface area contributed by atoms with E-state index in [1.54, 1.807) is 56.3 Å². The first-order chi connectivity index (χ1) is 15.9. The van der Waals surface area contributed by atoms with Crippen molar-refractivity contribution in [1.82, 2.24) is 14.8 Å². The fraction of sp³-hybridized carbons (Fsp3) is 0.167. The van der Waals surface area contributed by atoms with Crippen molar-refractivity contribution in [3.63, 3.8) is 0 Å². The highest BCUT2D eigenvalue weighted by Gasteiger charge is 2.14. The Bertz CT molecular complexity index is 1360. The van der Waals surface area contributed by atoms with Crippen LogP contribution in [0.1, 0.15) is 31.8 Å². The number of fused-ring (bicyclic) bond motifs is 1. The third-order valence-electron chi connectivity index (χ3n) is 5.30. The number of nitrogens with one attached hydrogen (secondary N) is 1. The first-order valence-corrected chi connectivity index (χ1v) is 10.1. The van der Waals surface area contributed by atoms with E-state index in [0.717, 1.165) is 10.9 Å². The van der Waals surface area contributed by atoms with Crippen LogP contribution >= 0.6 is 0 Å². The molecule has 0 spiro atoms. The van der Waals surface area contributed by atoms with E-state index >= 15 is 0 Å². The van der Waals surface area contributed by atoms with Gasteiger partial charge in [-0.25, -0.2) is 9.67 Å². The lowest BCUT2D eigenvalue weighted by Gasteiger charge is -2.11. The summed E-state index contributed by atoms with van der Waals surface area (Å²) in [6, 6.07) is 12.2. The minimum atomic E-state index is -0.510. The van der Waals surface area contributed by atoms with Gasteiger partial charge >= 0.3 is 0 Å². The Morgan fingerprint density at radius 3 is 2.58 bits per heavy atom. The number of aromatic nitrogens is 3. The second-order valence-electron chi connectivity index (χ2n) is 7.46. The number of ether oxygens (including phenoxy) is 2. The zero-order valence-corrected chi connectivity index (χ0v) is 18.5. The number of primary amides is 1. The molecule has 0 saturated heterocycles. The Morgan fingerprint density at radius 1 is 1.06 bits per heavy atom. The summed E-state index contributed by atoms with van der Waals surface area (Å²) in [4.78, 5) is 28.6. The molecule has 0 aliphatic rings. The molecule has 0 bridgehead atoms. The summed E-state index contributed by atoms with van der Waals surface area (Å²) >= 11 is 0. The van der Waals surface area contributed by atoms with Crippen LogP contribution in [0.5, 0.6) is 11.5 Å². The summed E-state index contributed by atoms with van der Waals surface area (Å²) in [6.07, 6.45) is 3.17. The van der Waals surface area contributed by atoms with Gasteiger partial charge in [0.05, 0.1) is 32.5 Å². The molecular weight excluding hydrogens is 422 g/mol. The predicted molar refractivity (Wildman–Crippen MR) is 124 cm³/mol. The van der Waals surface area contributed by atoms with Crippen LogP contribution in [-0.2, 0) is 6.54 Å². The molecular formula is C24H23N5O4. The van der Waals surface area contributed by atoms with Crippen molar-refractivity contribution in [2.24, 2.45) is 5.73 Å². The SMILES string of the molecule is COc1ccc(Cn2ncc3cc(C(=O)Nc4ccc(C(N)=O)c(C)c4)cnc32)c(OC)c1. The smallest absolute Gasteiger partial charge is 0.257 e. The summed E-state index contributed by atoms with van der Waals surface area (Å²) < 4.78 is 12.5. The zero-order valence-electron chi connectivity index (χ0n) is 18.5. The van der Waals surface area contributed by atoms with Crippen molar-refractivity contribution in [2.75, 3.05) is 19.5 Å². The van der Waals surface area contributed by atoms with Gasteiger partial charge in [0.1, 0.15) is 11.5 Å². The molecule has 0 aliphatic heterocycles. The van der Waals surface area contributed by atoms with Gasteiger partial charge in [0, 0.05) is 34.5 Å². The maximum absolute atomic E-state index is 12.7. The van der Waals surface area contributed by atoms with Crippen LogP contribution in [0.3, 0.4) is 0 Å². The number of rotatable bonds is 7. The Hall–Kier alpha value is -4.40. The molecule has 9 heteroatoms. The van der Waals surface area contributed by atoms with Gasteiger partial charge in [0.2, 0.25) is 5.91 Å². The van der Waals surface area contributed by atoms with E-state index in [9.17, 15) is 9.59 Å². The predicted octanol–water partition coefficient (Wildman–Crippen LogP) is 3.16. The van der Waals surface area contributed by atoms with Crippen molar-refractivity contribution in [3.05, 3.63) is 77.1 Å². The number of carbonyl (C=O) groups is 2. The largest absolute Gasteiger partial charge is 0.497 e. The number of hydrogen-bond donors (Lipinski definition) is 2. The normalized spacial score (nSPS) is 10.8. The first kappa shape index (κ1) is 21.8. The van der Waals surface area contributed by atoms with E-state index in [2.05, 4.69) is 15.4 Å². The first-order valence-electron chi connectivity index (χ1n) is 10.1. The molecule has 4 rings (SSSR count). The van der Waals surface area contributed by atoms with Crippen LogP contribution in [0.4, 0.5) is 5.69 Å². The van der Waals surface area contributed by atoms with Crippen molar-refractivity contribution < 1.29 is 19.1 Å². The highest BCUT2D eigenvalue weighted by Crippen LogP contribution is 2.26. The third-order valence-corrected chi connectivity index (χ3v) is 5.30. The number of nitrogens with two attached hydrogens (primary N) is 1. The van der Waals surface area contributed by atoms with E-state index in [-0.39, 0.29) is 5.91 Å². The van der Waals surface area contributed by atoms with Crippen molar-refractivity contribution in [2.45, 2.75) is 13.5 Å². The maximum Gasteiger partial charge on any atom is 0.257 e. The Morgan fingerprint density at radius 2 is 1.88 bits per heavy atom. The van der Waals surface area contributed by atoms with Crippen molar-refractivity contribution in [3.8, 4) is 11.5 Å². The molecule has 2 aromatic heterocycles. The van der Waals surface area contributed by atoms with Crippen molar-refractivity contribution >= 4 is 28.5 Å². The maximum atomic E-state index is 12.7. The van der Waals surface area contributed by atoms with Crippen LogP contribution in [0.2, 0.25) is 0 Å². The number of hydrogen-bond acceptors (Lipinski definition) is 6. The molecule has 2 heterocycles. The van der Waals surface area contributed by atoms with Crippen LogP contribution in [0.15, 0.2) is 54.9 Å². The van der Waals surface area contributed by atoms with Crippen LogP contribution in [-0.4, -0.2) is 40.8 Å². The average molecular weight is 445 g/mol. The number of anilines is 1. The lowest BCUT2D eigenvalue weighted by Crippen LogP contribution is -2.15. The molecule has 2 amide bonds. The van der Waals surface area contributed by atoms with Crippen LogP contribution < -0.4 is 20.5 Å². The van der Waals surface area contributed by atoms with Gasteiger partial charge in [-0.2, -0.15) is 5.10 Å². The van der Waals surface area contributed by atoms with E-state index in [0.29, 0.717) is 46.1 Å². The van der Waals surface area contributed by atoms with Gasteiger partial charge in [-0.15, -0.1) is 0 Å². The number of amides is 2. The molecule has 0 saturated carbocycles. The Labute approximate surface area is 190 Å². The molecule has 0 atom stereocenters. The van der Waals surface area contributed by atoms with E-state index in [1.807, 2.05) is 18.2 Å². The number of pyridine rings is 1. The number of nitrogens with zero attached hydrogens (tertiary/aromatic N) is 3. The van der Waals surface area contributed by atoms with Gasteiger partial charge in [-0.1, -0.05) is 0 Å². The van der Waals surface area contributed by atoms with Crippen LogP contribution in [0.25, 0.3) is 11.0 Å². The summed E-state index contributed by atoms with van der Waals surface area (Å²) in [5.74, 6) is 0.560. The van der Waals surface area contributed by atoms with Gasteiger partial charge in [-0.3, -0.25) is 9.59 Å². The standard InChI is InChI=1S/C24H23N5O4/c1-14-8-18(5-7-20(14)22(25)30)28-24(31)17-9-16-12-27-29(23(16)26-11-17)13-15-4-6-19(32-2)10-21(15)33-3/h4-12H,13H2,1-3H3,(H2,25,30)(H,28,31). The molecule has 0 aliphatic carbocycles. The number of aryl methyl sites for hydroxylation is 1. The molecule has 2 aromatic carbocycles. The zero-order chi connectivity index (χ0) is 23.5. The highest BCUT2D eigenvalue weighted by atomic mass is 16.5. The summed E-state index contributed by atoms with van der Waals surface area (Å²) in [6.45, 7) is 2.20. The molecule has 0 fully saturated rings. The average Bonchev–Trinajstić information content (AvgIpc) is 3.21. The quantitative estimate of drug-likeness (QED) is 0.451. The molecule has 33 heavy (non-hydrogen) atoms. The summed E-state index contributed by atoms with van der Waals surface area (Å²) in [5.41, 5.74) is 8.95. The molecule has 0 unspecified atom stereocenters. The second kappa shape index (κ2) is 8.99.